The van der Waals surface area contributed by atoms with Gasteiger partial charge in [0.25, 0.3) is 5.91 Å². The first-order chi connectivity index (χ1) is 14.4. The van der Waals surface area contributed by atoms with Gasteiger partial charge >= 0.3 is 0 Å². The van der Waals surface area contributed by atoms with Gasteiger partial charge in [0.1, 0.15) is 15.8 Å². The minimum atomic E-state index is -0.385. The van der Waals surface area contributed by atoms with Crippen molar-refractivity contribution in [3.8, 4) is 5.75 Å². The molecule has 9 nitrogen and oxygen atoms in total. The van der Waals surface area contributed by atoms with Crippen molar-refractivity contribution < 1.29 is 14.3 Å². The molecule has 30 heavy (non-hydrogen) atoms. The van der Waals surface area contributed by atoms with Crippen molar-refractivity contribution in [2.75, 3.05) is 5.32 Å². The first kappa shape index (κ1) is 21.8. The van der Waals surface area contributed by atoms with Gasteiger partial charge in [-0.2, -0.15) is 0 Å². The Bertz CT molecular complexity index is 1000. The number of hydrogen-bond donors (Lipinski definition) is 2. The molecule has 0 spiro atoms. The molecule has 0 aliphatic carbocycles. The fourth-order valence-corrected chi connectivity index (χ4v) is 3.73. The molecule has 2 N–H and O–H groups in total. The average molecular weight is 447 g/mol. The van der Waals surface area contributed by atoms with E-state index in [0.717, 1.165) is 27.7 Å². The maximum Gasteiger partial charge on any atom is 0.288 e. The Labute approximate surface area is 181 Å². The van der Waals surface area contributed by atoms with Crippen molar-refractivity contribution in [1.29, 1.82) is 0 Å². The number of aryl methyl sites for hydroxylation is 2. The number of aromatic nitrogens is 4. The number of carbonyl (C=O) groups excluding carboxylic acids is 2. The first-order valence-corrected chi connectivity index (χ1v) is 11.0. The molecule has 2 aromatic heterocycles. The van der Waals surface area contributed by atoms with Crippen molar-refractivity contribution in [2.24, 2.45) is 0 Å². The minimum Gasteiger partial charge on any atom is -0.491 e. The van der Waals surface area contributed by atoms with Gasteiger partial charge in [0.05, 0.1) is 6.10 Å². The molecule has 1 aromatic carbocycles. The first-order valence-electron chi connectivity index (χ1n) is 9.35. The number of nitrogens with one attached hydrogen (secondary N) is 2. The van der Waals surface area contributed by atoms with Crippen LogP contribution in [-0.2, 0) is 17.8 Å². The number of hydrogen-bond acceptors (Lipinski definition) is 9. The summed E-state index contributed by atoms with van der Waals surface area (Å²) in [5.74, 6) is 0.324. The van der Waals surface area contributed by atoms with Crippen molar-refractivity contribution in [3.05, 3.63) is 44.9 Å². The van der Waals surface area contributed by atoms with E-state index in [1.807, 2.05) is 38.1 Å². The Hall–Kier alpha value is -2.92. The maximum atomic E-state index is 12.2. The Morgan fingerprint density at radius 2 is 1.83 bits per heavy atom. The fourth-order valence-electron chi connectivity index (χ4n) is 2.41. The molecule has 0 radical (unpaired) electrons. The SMILES string of the molecule is Cc1nnc(NC(=O)c2nnc(CCC(=O)NCc3ccc(OC(C)C)cc3)s2)s1. The second-order valence-electron chi connectivity index (χ2n) is 6.67. The summed E-state index contributed by atoms with van der Waals surface area (Å²) in [7, 11) is 0. The van der Waals surface area contributed by atoms with Gasteiger partial charge in [-0.1, -0.05) is 34.8 Å². The van der Waals surface area contributed by atoms with Crippen LogP contribution in [0.4, 0.5) is 5.13 Å². The van der Waals surface area contributed by atoms with Crippen molar-refractivity contribution >= 4 is 39.6 Å². The molecule has 0 aliphatic rings. The Balaban J connectivity index is 1.42. The molecule has 2 amide bonds. The van der Waals surface area contributed by atoms with Gasteiger partial charge in [-0.3, -0.25) is 14.9 Å². The van der Waals surface area contributed by atoms with E-state index in [0.29, 0.717) is 23.1 Å². The highest BCUT2D eigenvalue weighted by Gasteiger charge is 2.15. The summed E-state index contributed by atoms with van der Waals surface area (Å²) < 4.78 is 5.60. The lowest BCUT2D eigenvalue weighted by molar-refractivity contribution is -0.121. The summed E-state index contributed by atoms with van der Waals surface area (Å²) in [6, 6.07) is 7.62. The number of benzene rings is 1. The van der Waals surface area contributed by atoms with Crippen LogP contribution < -0.4 is 15.4 Å². The Morgan fingerprint density at radius 3 is 2.50 bits per heavy atom. The van der Waals surface area contributed by atoms with Crippen LogP contribution in [0.5, 0.6) is 5.75 Å². The largest absolute Gasteiger partial charge is 0.491 e. The number of carbonyl (C=O) groups is 2. The molecule has 0 fully saturated rings. The quantitative estimate of drug-likeness (QED) is 0.518. The summed E-state index contributed by atoms with van der Waals surface area (Å²) in [5.41, 5.74) is 0.987. The molecule has 2 heterocycles. The molecule has 3 aromatic rings. The van der Waals surface area contributed by atoms with E-state index in [1.165, 1.54) is 11.3 Å². The van der Waals surface area contributed by atoms with Crippen molar-refractivity contribution in [2.45, 2.75) is 46.3 Å². The van der Waals surface area contributed by atoms with E-state index in [1.54, 1.807) is 6.92 Å². The van der Waals surface area contributed by atoms with Gasteiger partial charge in [-0.25, -0.2) is 0 Å². The number of anilines is 1. The Morgan fingerprint density at radius 1 is 1.07 bits per heavy atom. The molecule has 0 atom stereocenters. The molecule has 0 bridgehead atoms. The van der Waals surface area contributed by atoms with E-state index in [-0.39, 0.29) is 29.3 Å². The van der Waals surface area contributed by atoms with Crippen LogP contribution in [0.1, 0.15) is 45.6 Å². The second-order valence-corrected chi connectivity index (χ2v) is 8.91. The summed E-state index contributed by atoms with van der Waals surface area (Å²) in [6.07, 6.45) is 0.798. The predicted molar refractivity (Wildman–Crippen MR) is 115 cm³/mol. The third-order valence-electron chi connectivity index (χ3n) is 3.76. The highest BCUT2D eigenvalue weighted by atomic mass is 32.1. The zero-order valence-electron chi connectivity index (χ0n) is 16.8. The average Bonchev–Trinajstić information content (AvgIpc) is 3.34. The molecule has 3 rings (SSSR count). The van der Waals surface area contributed by atoms with Gasteiger partial charge < -0.3 is 10.1 Å². The maximum absolute atomic E-state index is 12.2. The molecule has 0 saturated carbocycles. The fraction of sp³-hybridized carbons (Fsp3) is 0.368. The van der Waals surface area contributed by atoms with Crippen LogP contribution in [0.15, 0.2) is 24.3 Å². The van der Waals surface area contributed by atoms with Crippen molar-refractivity contribution in [3.63, 3.8) is 0 Å². The van der Waals surface area contributed by atoms with Crippen LogP contribution >= 0.6 is 22.7 Å². The van der Waals surface area contributed by atoms with E-state index in [2.05, 4.69) is 31.0 Å². The van der Waals surface area contributed by atoms with Gasteiger partial charge in [0.15, 0.2) is 0 Å². The molecule has 158 valence electrons. The molecule has 0 saturated heterocycles. The van der Waals surface area contributed by atoms with E-state index in [4.69, 9.17) is 4.74 Å². The summed E-state index contributed by atoms with van der Waals surface area (Å²) >= 11 is 2.44. The van der Waals surface area contributed by atoms with Crippen LogP contribution in [0.3, 0.4) is 0 Å². The third-order valence-corrected chi connectivity index (χ3v) is 5.49. The van der Waals surface area contributed by atoms with Crippen LogP contribution in [0.25, 0.3) is 0 Å². The normalized spacial score (nSPS) is 10.8. The van der Waals surface area contributed by atoms with E-state index >= 15 is 0 Å². The van der Waals surface area contributed by atoms with E-state index in [9.17, 15) is 9.59 Å². The number of amides is 2. The monoisotopic (exact) mass is 446 g/mol. The van der Waals surface area contributed by atoms with Gasteiger partial charge in [-0.15, -0.1) is 20.4 Å². The topological polar surface area (TPSA) is 119 Å². The predicted octanol–water partition coefficient (Wildman–Crippen LogP) is 2.99. The lowest BCUT2D eigenvalue weighted by Crippen LogP contribution is -2.22. The molecule has 0 aliphatic heterocycles. The lowest BCUT2D eigenvalue weighted by Gasteiger charge is -2.10. The van der Waals surface area contributed by atoms with Gasteiger partial charge in [0, 0.05) is 19.4 Å². The lowest BCUT2D eigenvalue weighted by atomic mass is 10.2. The summed E-state index contributed by atoms with van der Waals surface area (Å²) in [6.45, 7) is 6.19. The van der Waals surface area contributed by atoms with E-state index < -0.39 is 0 Å². The summed E-state index contributed by atoms with van der Waals surface area (Å²) in [4.78, 5) is 24.3. The molecule has 11 heteroatoms. The number of nitrogens with zero attached hydrogens (tertiary/aromatic N) is 4. The minimum absolute atomic E-state index is 0.0944. The van der Waals surface area contributed by atoms with Gasteiger partial charge in [0.2, 0.25) is 16.0 Å². The second kappa shape index (κ2) is 10.2. The van der Waals surface area contributed by atoms with Crippen LogP contribution in [0.2, 0.25) is 0 Å². The third kappa shape index (κ3) is 6.56. The smallest absolute Gasteiger partial charge is 0.288 e. The standard InChI is InChI=1S/C19H22N6O3S2/c1-11(2)28-14-6-4-13(5-7-14)10-20-15(26)8-9-16-23-24-18(30-16)17(27)21-19-25-22-12(3)29-19/h4-7,11H,8-10H2,1-3H3,(H,20,26)(H,21,25,27). The molecular weight excluding hydrogens is 424 g/mol. The number of rotatable bonds is 9. The molecule has 0 unspecified atom stereocenters. The van der Waals surface area contributed by atoms with Gasteiger partial charge in [-0.05, 0) is 38.5 Å². The zero-order valence-corrected chi connectivity index (χ0v) is 18.5. The number of ether oxygens (including phenoxy) is 1. The zero-order chi connectivity index (χ0) is 21.5. The van der Waals surface area contributed by atoms with Crippen LogP contribution in [0, 0.1) is 6.92 Å². The highest BCUT2D eigenvalue weighted by Crippen LogP contribution is 2.17. The van der Waals surface area contributed by atoms with Crippen molar-refractivity contribution in [1.82, 2.24) is 25.7 Å². The van der Waals surface area contributed by atoms with Crippen LogP contribution in [-0.4, -0.2) is 38.3 Å². The molecular formula is C19H22N6O3S2. The summed E-state index contributed by atoms with van der Waals surface area (Å²) in [5, 5.41) is 23.1. The highest BCUT2D eigenvalue weighted by molar-refractivity contribution is 7.15. The Kier molecular flexibility index (Phi) is 7.41.